The quantitative estimate of drug-likeness (QED) is 0.830. The van der Waals surface area contributed by atoms with Crippen LogP contribution in [0.2, 0.25) is 0 Å². The van der Waals surface area contributed by atoms with Gasteiger partial charge in [-0.15, -0.1) is 0 Å². The summed E-state index contributed by atoms with van der Waals surface area (Å²) >= 11 is 0. The molecule has 0 bridgehead atoms. The van der Waals surface area contributed by atoms with E-state index in [1.54, 1.807) is 0 Å². The molecule has 2 aromatic rings. The Morgan fingerprint density at radius 3 is 2.75 bits per heavy atom. The molecule has 2 aliphatic rings. The van der Waals surface area contributed by atoms with E-state index in [2.05, 4.69) is 54.3 Å². The summed E-state index contributed by atoms with van der Waals surface area (Å²) in [4.78, 5) is 2.59. The fourth-order valence-electron chi connectivity index (χ4n) is 3.83. The van der Waals surface area contributed by atoms with Crippen molar-refractivity contribution in [1.29, 1.82) is 0 Å². The Kier molecular flexibility index (Phi) is 4.44. The van der Waals surface area contributed by atoms with Crippen LogP contribution in [0.25, 0.3) is 0 Å². The molecule has 1 fully saturated rings. The van der Waals surface area contributed by atoms with Crippen LogP contribution in [0.5, 0.6) is 11.5 Å². The van der Waals surface area contributed by atoms with Crippen molar-refractivity contribution in [2.75, 3.05) is 19.8 Å². The largest absolute Gasteiger partial charge is 0.490 e. The zero-order valence-corrected chi connectivity index (χ0v) is 14.3. The van der Waals surface area contributed by atoms with Gasteiger partial charge in [0.2, 0.25) is 0 Å². The number of hydrogen-bond donors (Lipinski definition) is 0. The fourth-order valence-corrected chi connectivity index (χ4v) is 3.83. The van der Waals surface area contributed by atoms with Gasteiger partial charge in [0, 0.05) is 19.0 Å². The van der Waals surface area contributed by atoms with Crippen LogP contribution < -0.4 is 9.47 Å². The monoisotopic (exact) mass is 323 g/mol. The molecule has 0 N–H and O–H groups in total. The van der Waals surface area contributed by atoms with E-state index < -0.39 is 0 Å². The van der Waals surface area contributed by atoms with Gasteiger partial charge in [-0.2, -0.15) is 0 Å². The van der Waals surface area contributed by atoms with E-state index in [0.29, 0.717) is 6.04 Å². The minimum atomic E-state index is 0.475. The number of aryl methyl sites for hydroxylation is 1. The number of hydrogen-bond acceptors (Lipinski definition) is 3. The van der Waals surface area contributed by atoms with Crippen molar-refractivity contribution in [3.63, 3.8) is 0 Å². The molecule has 1 atom stereocenters. The summed E-state index contributed by atoms with van der Waals surface area (Å²) in [5.41, 5.74) is 4.08. The molecular weight excluding hydrogens is 298 g/mol. The second-order valence-corrected chi connectivity index (χ2v) is 6.87. The second-order valence-electron chi connectivity index (χ2n) is 6.87. The molecule has 0 amide bonds. The van der Waals surface area contributed by atoms with Crippen LogP contribution in [0.4, 0.5) is 0 Å². The van der Waals surface area contributed by atoms with Crippen molar-refractivity contribution in [3.8, 4) is 11.5 Å². The molecule has 4 rings (SSSR count). The number of ether oxygens (including phenoxy) is 2. The van der Waals surface area contributed by atoms with Crippen molar-refractivity contribution in [2.24, 2.45) is 0 Å². The number of nitrogens with zero attached hydrogens (tertiary/aromatic N) is 1. The van der Waals surface area contributed by atoms with E-state index in [0.717, 1.165) is 44.2 Å². The predicted molar refractivity (Wildman–Crippen MR) is 95.6 cm³/mol. The first-order chi connectivity index (χ1) is 11.8. The molecule has 0 unspecified atom stereocenters. The third kappa shape index (κ3) is 3.27. The molecule has 24 heavy (non-hydrogen) atoms. The van der Waals surface area contributed by atoms with Crippen LogP contribution in [0.3, 0.4) is 0 Å². The number of likely N-dealkylation sites (tertiary alicyclic amines) is 1. The van der Waals surface area contributed by atoms with Gasteiger partial charge in [-0.25, -0.2) is 0 Å². The maximum Gasteiger partial charge on any atom is 0.161 e. The SMILES string of the molecule is Cc1cccc(CN2CCC[C@H]2c2ccc3c(c2)OCCCO3)c1. The summed E-state index contributed by atoms with van der Waals surface area (Å²) in [6, 6.07) is 15.8. The number of benzene rings is 2. The van der Waals surface area contributed by atoms with Crippen molar-refractivity contribution in [2.45, 2.75) is 38.8 Å². The minimum Gasteiger partial charge on any atom is -0.490 e. The summed E-state index contributed by atoms with van der Waals surface area (Å²) in [5.74, 6) is 1.80. The van der Waals surface area contributed by atoms with E-state index in [9.17, 15) is 0 Å². The molecule has 3 heteroatoms. The van der Waals surface area contributed by atoms with E-state index in [1.165, 1.54) is 29.5 Å². The highest BCUT2D eigenvalue weighted by Crippen LogP contribution is 2.38. The molecular formula is C21H25NO2. The van der Waals surface area contributed by atoms with Gasteiger partial charge in [0.1, 0.15) is 0 Å². The Morgan fingerprint density at radius 2 is 1.88 bits per heavy atom. The van der Waals surface area contributed by atoms with Crippen LogP contribution in [0.15, 0.2) is 42.5 Å². The topological polar surface area (TPSA) is 21.7 Å². The highest BCUT2D eigenvalue weighted by Gasteiger charge is 2.27. The summed E-state index contributed by atoms with van der Waals surface area (Å²) in [7, 11) is 0. The molecule has 126 valence electrons. The molecule has 2 aromatic carbocycles. The third-order valence-corrected chi connectivity index (χ3v) is 4.99. The van der Waals surface area contributed by atoms with E-state index in [1.807, 2.05) is 0 Å². The normalized spacial score (nSPS) is 20.8. The molecule has 2 aliphatic heterocycles. The van der Waals surface area contributed by atoms with Crippen molar-refractivity contribution >= 4 is 0 Å². The van der Waals surface area contributed by atoms with Gasteiger partial charge in [-0.3, -0.25) is 4.90 Å². The van der Waals surface area contributed by atoms with Crippen molar-refractivity contribution in [3.05, 3.63) is 59.2 Å². The third-order valence-electron chi connectivity index (χ3n) is 4.99. The standard InChI is InChI=1S/C21H25NO2/c1-16-5-2-6-17(13-16)15-22-10-3-7-19(22)18-8-9-20-21(14-18)24-12-4-11-23-20/h2,5-6,8-9,13-14,19H,3-4,7,10-12,15H2,1H3/t19-/m0/s1. The van der Waals surface area contributed by atoms with Crippen molar-refractivity contribution in [1.82, 2.24) is 4.90 Å². The Balaban J connectivity index is 1.55. The summed E-state index contributed by atoms with van der Waals surface area (Å²) in [5, 5.41) is 0. The molecule has 2 heterocycles. The van der Waals surface area contributed by atoms with Crippen LogP contribution in [-0.4, -0.2) is 24.7 Å². The van der Waals surface area contributed by atoms with Gasteiger partial charge in [-0.05, 0) is 49.6 Å². The van der Waals surface area contributed by atoms with Crippen molar-refractivity contribution < 1.29 is 9.47 Å². The van der Waals surface area contributed by atoms with E-state index in [4.69, 9.17) is 9.47 Å². The number of rotatable bonds is 3. The Morgan fingerprint density at radius 1 is 1.00 bits per heavy atom. The Bertz CT molecular complexity index is 713. The van der Waals surface area contributed by atoms with Crippen LogP contribution in [-0.2, 0) is 6.54 Å². The summed E-state index contributed by atoms with van der Waals surface area (Å²) in [6.45, 7) is 5.83. The first kappa shape index (κ1) is 15.5. The smallest absolute Gasteiger partial charge is 0.161 e. The second kappa shape index (κ2) is 6.86. The zero-order valence-electron chi connectivity index (χ0n) is 14.3. The van der Waals surface area contributed by atoms with Gasteiger partial charge in [-0.1, -0.05) is 35.9 Å². The van der Waals surface area contributed by atoms with Crippen LogP contribution in [0.1, 0.15) is 42.0 Å². The lowest BCUT2D eigenvalue weighted by Crippen LogP contribution is -2.22. The van der Waals surface area contributed by atoms with Gasteiger partial charge in [0.25, 0.3) is 0 Å². The minimum absolute atomic E-state index is 0.475. The lowest BCUT2D eigenvalue weighted by Gasteiger charge is -2.25. The number of fused-ring (bicyclic) bond motifs is 1. The van der Waals surface area contributed by atoms with Gasteiger partial charge >= 0.3 is 0 Å². The predicted octanol–water partition coefficient (Wildman–Crippen LogP) is 4.49. The maximum atomic E-state index is 5.87. The van der Waals surface area contributed by atoms with Gasteiger partial charge in [0.15, 0.2) is 11.5 Å². The fraction of sp³-hybridized carbons (Fsp3) is 0.429. The average molecular weight is 323 g/mol. The lowest BCUT2D eigenvalue weighted by atomic mass is 10.0. The molecule has 0 saturated carbocycles. The molecule has 0 spiro atoms. The summed E-state index contributed by atoms with van der Waals surface area (Å²) in [6.07, 6.45) is 3.42. The molecule has 0 aromatic heterocycles. The average Bonchev–Trinajstić information content (AvgIpc) is 2.90. The molecule has 0 radical (unpaired) electrons. The van der Waals surface area contributed by atoms with E-state index >= 15 is 0 Å². The Hall–Kier alpha value is -2.00. The first-order valence-electron chi connectivity index (χ1n) is 8.99. The molecule has 3 nitrogen and oxygen atoms in total. The highest BCUT2D eigenvalue weighted by molar-refractivity contribution is 5.44. The zero-order chi connectivity index (χ0) is 16.4. The lowest BCUT2D eigenvalue weighted by molar-refractivity contribution is 0.247. The van der Waals surface area contributed by atoms with Crippen LogP contribution in [0, 0.1) is 6.92 Å². The molecule has 0 aliphatic carbocycles. The molecule has 1 saturated heterocycles. The van der Waals surface area contributed by atoms with Gasteiger partial charge in [0.05, 0.1) is 13.2 Å². The highest BCUT2D eigenvalue weighted by atomic mass is 16.5. The van der Waals surface area contributed by atoms with Gasteiger partial charge < -0.3 is 9.47 Å². The van der Waals surface area contributed by atoms with Crippen LogP contribution >= 0.6 is 0 Å². The maximum absolute atomic E-state index is 5.87. The summed E-state index contributed by atoms with van der Waals surface area (Å²) < 4.78 is 11.6. The first-order valence-corrected chi connectivity index (χ1v) is 8.99. The Labute approximate surface area is 144 Å². The van der Waals surface area contributed by atoms with E-state index in [-0.39, 0.29) is 0 Å².